The van der Waals surface area contributed by atoms with Crippen LogP contribution in [0, 0.1) is 6.92 Å². The fourth-order valence-electron chi connectivity index (χ4n) is 2.53. The van der Waals surface area contributed by atoms with Crippen LogP contribution in [0.3, 0.4) is 0 Å². The maximum Gasteiger partial charge on any atom is 0.351 e. The van der Waals surface area contributed by atoms with Crippen molar-refractivity contribution >= 4 is 22.7 Å². The summed E-state index contributed by atoms with van der Waals surface area (Å²) in [5.74, 6) is -1.16. The number of rotatable bonds is 5. The highest BCUT2D eigenvalue weighted by Gasteiger charge is 2.18. The van der Waals surface area contributed by atoms with E-state index < -0.39 is 11.6 Å². The Morgan fingerprint density at radius 3 is 2.52 bits per heavy atom. The summed E-state index contributed by atoms with van der Waals surface area (Å²) in [7, 11) is 0. The molecule has 3 aromatic rings. The third-order valence-electron chi connectivity index (χ3n) is 3.82. The van der Waals surface area contributed by atoms with Crippen LogP contribution in [0.4, 0.5) is 0 Å². The highest BCUT2D eigenvalue weighted by atomic mass is 16.5. The van der Waals surface area contributed by atoms with Crippen LogP contribution < -0.4 is 10.4 Å². The standard InChI is InChI=1S/C19H14O6/c1-11-14-8-7-13(9-16(14)25-19(23)17(11)18(21)22)24-10-15(20)12-5-3-2-4-6-12/h2-9H,10H2,1H3,(H,21,22). The smallest absolute Gasteiger partial charge is 0.351 e. The van der Waals surface area contributed by atoms with Crippen molar-refractivity contribution in [3.63, 3.8) is 0 Å². The molecule has 126 valence electrons. The van der Waals surface area contributed by atoms with Gasteiger partial charge in [-0.05, 0) is 24.6 Å². The van der Waals surface area contributed by atoms with Crippen molar-refractivity contribution in [2.75, 3.05) is 6.61 Å². The summed E-state index contributed by atoms with van der Waals surface area (Å²) in [5.41, 5.74) is -0.241. The molecule has 6 nitrogen and oxygen atoms in total. The van der Waals surface area contributed by atoms with E-state index in [4.69, 9.17) is 14.3 Å². The number of carbonyl (C=O) groups excluding carboxylic acids is 1. The second-order valence-electron chi connectivity index (χ2n) is 5.43. The minimum absolute atomic E-state index is 0.161. The van der Waals surface area contributed by atoms with Crippen LogP contribution in [0.5, 0.6) is 5.75 Å². The minimum atomic E-state index is -1.33. The molecule has 0 saturated carbocycles. The van der Waals surface area contributed by atoms with E-state index in [0.717, 1.165) is 0 Å². The van der Waals surface area contributed by atoms with E-state index in [1.165, 1.54) is 6.07 Å². The van der Waals surface area contributed by atoms with Crippen molar-refractivity contribution in [3.05, 3.63) is 75.6 Å². The van der Waals surface area contributed by atoms with Crippen LogP contribution in [0.25, 0.3) is 11.0 Å². The topological polar surface area (TPSA) is 93.8 Å². The summed E-state index contributed by atoms with van der Waals surface area (Å²) in [6.07, 6.45) is 0. The Labute approximate surface area is 142 Å². The van der Waals surface area contributed by atoms with Crippen LogP contribution in [0.1, 0.15) is 26.3 Å². The van der Waals surface area contributed by atoms with Crippen molar-refractivity contribution < 1.29 is 23.8 Å². The van der Waals surface area contributed by atoms with Gasteiger partial charge in [-0.3, -0.25) is 4.79 Å². The Hall–Kier alpha value is -3.41. The number of aryl methyl sites for hydroxylation is 1. The largest absolute Gasteiger partial charge is 0.485 e. The lowest BCUT2D eigenvalue weighted by atomic mass is 10.1. The highest BCUT2D eigenvalue weighted by molar-refractivity contribution is 5.97. The molecule has 0 atom stereocenters. The minimum Gasteiger partial charge on any atom is -0.485 e. The van der Waals surface area contributed by atoms with Crippen molar-refractivity contribution in [3.8, 4) is 5.75 Å². The number of carboxylic acids is 1. The molecule has 0 saturated heterocycles. The lowest BCUT2D eigenvalue weighted by Gasteiger charge is -2.08. The summed E-state index contributed by atoms with van der Waals surface area (Å²) in [5, 5.41) is 9.59. The van der Waals surface area contributed by atoms with Gasteiger partial charge in [-0.2, -0.15) is 0 Å². The number of hydrogen-bond acceptors (Lipinski definition) is 5. The maximum absolute atomic E-state index is 12.0. The first-order valence-electron chi connectivity index (χ1n) is 7.49. The average Bonchev–Trinajstić information content (AvgIpc) is 2.59. The number of benzene rings is 2. The van der Waals surface area contributed by atoms with Crippen molar-refractivity contribution in [1.29, 1.82) is 0 Å². The molecule has 0 spiro atoms. The molecule has 0 aliphatic rings. The molecule has 0 unspecified atom stereocenters. The van der Waals surface area contributed by atoms with Crippen molar-refractivity contribution in [1.82, 2.24) is 0 Å². The summed E-state index contributed by atoms with van der Waals surface area (Å²) in [6, 6.07) is 13.4. The van der Waals surface area contributed by atoms with Crippen LogP contribution >= 0.6 is 0 Å². The van der Waals surface area contributed by atoms with Crippen LogP contribution in [-0.4, -0.2) is 23.5 Å². The molecular weight excluding hydrogens is 324 g/mol. The number of aromatic carboxylic acids is 1. The predicted octanol–water partition coefficient (Wildman–Crippen LogP) is 3.06. The van der Waals surface area contributed by atoms with Gasteiger partial charge in [-0.1, -0.05) is 30.3 Å². The predicted molar refractivity (Wildman–Crippen MR) is 90.4 cm³/mol. The molecule has 0 aliphatic carbocycles. The fourth-order valence-corrected chi connectivity index (χ4v) is 2.53. The van der Waals surface area contributed by atoms with Crippen molar-refractivity contribution in [2.45, 2.75) is 6.92 Å². The summed E-state index contributed by atoms with van der Waals surface area (Å²) in [6.45, 7) is 1.38. The van der Waals surface area contributed by atoms with Gasteiger partial charge in [-0.15, -0.1) is 0 Å². The number of fused-ring (bicyclic) bond motifs is 1. The summed E-state index contributed by atoms with van der Waals surface area (Å²) in [4.78, 5) is 35.0. The Morgan fingerprint density at radius 2 is 1.84 bits per heavy atom. The monoisotopic (exact) mass is 338 g/mol. The normalized spacial score (nSPS) is 10.6. The zero-order chi connectivity index (χ0) is 18.0. The molecule has 1 N–H and O–H groups in total. The van der Waals surface area contributed by atoms with E-state index in [2.05, 4.69) is 0 Å². The van der Waals surface area contributed by atoms with Gasteiger partial charge in [0.15, 0.2) is 12.4 Å². The van der Waals surface area contributed by atoms with E-state index in [1.54, 1.807) is 43.3 Å². The quantitative estimate of drug-likeness (QED) is 0.567. The Morgan fingerprint density at radius 1 is 1.12 bits per heavy atom. The molecule has 1 aromatic heterocycles. The van der Waals surface area contributed by atoms with Crippen molar-refractivity contribution in [2.24, 2.45) is 0 Å². The molecule has 2 aromatic carbocycles. The van der Waals surface area contributed by atoms with Crippen LogP contribution in [-0.2, 0) is 0 Å². The summed E-state index contributed by atoms with van der Waals surface area (Å²) >= 11 is 0. The number of ketones is 1. The van der Waals surface area contributed by atoms with Gasteiger partial charge in [-0.25, -0.2) is 9.59 Å². The van der Waals surface area contributed by atoms with Gasteiger partial charge in [0.2, 0.25) is 0 Å². The molecule has 0 radical (unpaired) electrons. The molecule has 0 fully saturated rings. The number of Topliss-reactive ketones (excluding diaryl/α,β-unsaturated/α-hetero) is 1. The van der Waals surface area contributed by atoms with Gasteiger partial charge in [0.1, 0.15) is 16.9 Å². The fraction of sp³-hybridized carbons (Fsp3) is 0.105. The first-order valence-corrected chi connectivity index (χ1v) is 7.49. The second kappa shape index (κ2) is 6.60. The van der Waals surface area contributed by atoms with Crippen LogP contribution in [0.2, 0.25) is 0 Å². The van der Waals surface area contributed by atoms with E-state index in [0.29, 0.717) is 22.3 Å². The highest BCUT2D eigenvalue weighted by Crippen LogP contribution is 2.24. The molecule has 0 amide bonds. The lowest BCUT2D eigenvalue weighted by Crippen LogP contribution is -2.16. The summed E-state index contributed by atoms with van der Waals surface area (Å²) < 4.78 is 10.5. The molecule has 3 rings (SSSR count). The third-order valence-corrected chi connectivity index (χ3v) is 3.82. The lowest BCUT2D eigenvalue weighted by molar-refractivity contribution is 0.0691. The molecular formula is C19H14O6. The number of carbonyl (C=O) groups is 2. The first-order chi connectivity index (χ1) is 12.0. The zero-order valence-electron chi connectivity index (χ0n) is 13.3. The first kappa shape index (κ1) is 16.4. The molecule has 25 heavy (non-hydrogen) atoms. The van der Waals surface area contributed by atoms with Gasteiger partial charge < -0.3 is 14.3 Å². The van der Waals surface area contributed by atoms with E-state index in [-0.39, 0.29) is 23.5 Å². The number of ether oxygens (including phenoxy) is 1. The van der Waals surface area contributed by atoms with Gasteiger partial charge in [0, 0.05) is 17.0 Å². The SMILES string of the molecule is Cc1c(C(=O)O)c(=O)oc2cc(OCC(=O)c3ccccc3)ccc12. The molecule has 6 heteroatoms. The molecule has 0 bridgehead atoms. The molecule has 0 aliphatic heterocycles. The van der Waals surface area contributed by atoms with E-state index >= 15 is 0 Å². The molecule has 1 heterocycles. The van der Waals surface area contributed by atoms with Crippen LogP contribution in [0.15, 0.2) is 57.7 Å². The Kier molecular flexibility index (Phi) is 4.35. The van der Waals surface area contributed by atoms with Gasteiger partial charge in [0.05, 0.1) is 0 Å². The van der Waals surface area contributed by atoms with E-state index in [9.17, 15) is 14.4 Å². The van der Waals surface area contributed by atoms with Gasteiger partial charge >= 0.3 is 11.6 Å². The number of carboxylic acid groups (broad SMARTS) is 1. The zero-order valence-corrected chi connectivity index (χ0v) is 13.3. The maximum atomic E-state index is 12.0. The third kappa shape index (κ3) is 3.28. The number of hydrogen-bond donors (Lipinski definition) is 1. The average molecular weight is 338 g/mol. The van der Waals surface area contributed by atoms with Gasteiger partial charge in [0.25, 0.3) is 0 Å². The second-order valence-corrected chi connectivity index (χ2v) is 5.43. The Balaban J connectivity index is 1.87. The van der Waals surface area contributed by atoms with E-state index in [1.807, 2.05) is 6.07 Å². The Bertz CT molecular complexity index is 1020.